The van der Waals surface area contributed by atoms with Gasteiger partial charge in [0.05, 0.1) is 25.4 Å². The standard InChI is InChI=1S/C23H36O6/c1-12(10-29-14(3)24)17-8-19(25)23(4)9-18-15(11-28-5)6-7-16(18)13(2)21(26)22(27)20(17)23/h9,12-13,15-16,19,21-22,25-27H,6-8,10-11H2,1-5H3/t12-,13-,15-,16+,19+,21-,22-,23+/m1/s1. The monoisotopic (exact) mass is 408 g/mol. The summed E-state index contributed by atoms with van der Waals surface area (Å²) in [5.74, 6) is -0.156. The first-order valence-electron chi connectivity index (χ1n) is 10.7. The number of hydrogen-bond donors (Lipinski definition) is 3. The molecule has 0 amide bonds. The van der Waals surface area contributed by atoms with Crippen molar-refractivity contribution in [2.45, 2.75) is 65.3 Å². The Morgan fingerprint density at radius 1 is 1.31 bits per heavy atom. The van der Waals surface area contributed by atoms with Crippen LogP contribution in [0.5, 0.6) is 0 Å². The minimum atomic E-state index is -1.05. The van der Waals surface area contributed by atoms with Gasteiger partial charge in [-0.25, -0.2) is 0 Å². The van der Waals surface area contributed by atoms with Crippen molar-refractivity contribution in [3.63, 3.8) is 0 Å². The van der Waals surface area contributed by atoms with Crippen LogP contribution in [0.15, 0.2) is 22.8 Å². The molecule has 6 heteroatoms. The second-order valence-corrected chi connectivity index (χ2v) is 9.42. The maximum absolute atomic E-state index is 11.3. The molecule has 0 aromatic carbocycles. The second-order valence-electron chi connectivity index (χ2n) is 9.42. The number of hydrogen-bond acceptors (Lipinski definition) is 6. The first-order chi connectivity index (χ1) is 13.6. The van der Waals surface area contributed by atoms with Gasteiger partial charge in [-0.2, -0.15) is 0 Å². The predicted molar refractivity (Wildman–Crippen MR) is 109 cm³/mol. The molecule has 0 unspecified atom stereocenters. The van der Waals surface area contributed by atoms with Crippen molar-refractivity contribution in [1.29, 1.82) is 0 Å². The van der Waals surface area contributed by atoms with Crippen LogP contribution in [-0.4, -0.2) is 59.9 Å². The number of ether oxygens (including phenoxy) is 2. The van der Waals surface area contributed by atoms with E-state index in [0.717, 1.165) is 18.4 Å². The third-order valence-electron chi connectivity index (χ3n) is 7.52. The molecule has 0 heterocycles. The Bertz CT molecular complexity index is 697. The van der Waals surface area contributed by atoms with E-state index in [1.54, 1.807) is 7.11 Å². The quantitative estimate of drug-likeness (QED) is 0.477. The van der Waals surface area contributed by atoms with Gasteiger partial charge in [-0.3, -0.25) is 4.79 Å². The molecule has 0 spiro atoms. The lowest BCUT2D eigenvalue weighted by Gasteiger charge is -2.41. The van der Waals surface area contributed by atoms with E-state index in [0.29, 0.717) is 18.6 Å². The first kappa shape index (κ1) is 22.5. The topological polar surface area (TPSA) is 96.2 Å². The summed E-state index contributed by atoms with van der Waals surface area (Å²) in [5, 5.41) is 33.4. The third-order valence-corrected chi connectivity index (χ3v) is 7.52. The molecule has 1 fully saturated rings. The van der Waals surface area contributed by atoms with Crippen LogP contribution in [0.25, 0.3) is 0 Å². The maximum Gasteiger partial charge on any atom is 0.302 e. The van der Waals surface area contributed by atoms with E-state index in [-0.39, 0.29) is 36.2 Å². The molecule has 3 rings (SSSR count). The lowest BCUT2D eigenvalue weighted by atomic mass is 9.68. The molecule has 0 saturated heterocycles. The smallest absolute Gasteiger partial charge is 0.302 e. The Kier molecular flexibility index (Phi) is 6.59. The van der Waals surface area contributed by atoms with Gasteiger partial charge < -0.3 is 24.8 Å². The molecule has 0 aromatic rings. The van der Waals surface area contributed by atoms with Crippen molar-refractivity contribution < 1.29 is 29.6 Å². The maximum atomic E-state index is 11.3. The molecule has 0 aliphatic heterocycles. The highest BCUT2D eigenvalue weighted by Crippen LogP contribution is 2.54. The Labute approximate surface area is 173 Å². The molecule has 0 aromatic heterocycles. The average Bonchev–Trinajstić information content (AvgIpc) is 3.16. The minimum absolute atomic E-state index is 0.0991. The summed E-state index contributed by atoms with van der Waals surface area (Å²) < 4.78 is 10.6. The average molecular weight is 409 g/mol. The number of rotatable bonds is 5. The summed E-state index contributed by atoms with van der Waals surface area (Å²) in [6.45, 7) is 8.07. The number of aliphatic hydroxyl groups excluding tert-OH is 3. The van der Waals surface area contributed by atoms with Gasteiger partial charge in [0.1, 0.15) is 6.10 Å². The third kappa shape index (κ3) is 3.92. The fourth-order valence-electron chi connectivity index (χ4n) is 5.78. The molecule has 1 saturated carbocycles. The van der Waals surface area contributed by atoms with E-state index in [9.17, 15) is 20.1 Å². The van der Waals surface area contributed by atoms with Crippen molar-refractivity contribution in [3.8, 4) is 0 Å². The molecule has 3 aliphatic rings. The van der Waals surface area contributed by atoms with Crippen LogP contribution in [0.4, 0.5) is 0 Å². The predicted octanol–water partition coefficient (Wildman–Crippen LogP) is 2.22. The fourth-order valence-corrected chi connectivity index (χ4v) is 5.78. The van der Waals surface area contributed by atoms with Gasteiger partial charge in [0, 0.05) is 31.3 Å². The molecular weight excluding hydrogens is 372 g/mol. The minimum Gasteiger partial charge on any atom is -0.465 e. The van der Waals surface area contributed by atoms with E-state index >= 15 is 0 Å². The number of fused-ring (bicyclic) bond motifs is 2. The van der Waals surface area contributed by atoms with E-state index < -0.39 is 23.7 Å². The number of methoxy groups -OCH3 is 1. The largest absolute Gasteiger partial charge is 0.465 e. The summed E-state index contributed by atoms with van der Waals surface area (Å²) in [4.78, 5) is 11.3. The highest BCUT2D eigenvalue weighted by atomic mass is 16.5. The van der Waals surface area contributed by atoms with Gasteiger partial charge in [0.2, 0.25) is 0 Å². The van der Waals surface area contributed by atoms with Gasteiger partial charge in [-0.05, 0) is 43.6 Å². The van der Waals surface area contributed by atoms with Crippen molar-refractivity contribution in [2.24, 2.45) is 29.1 Å². The number of aliphatic hydroxyl groups is 3. The zero-order chi connectivity index (χ0) is 21.5. The van der Waals surface area contributed by atoms with Crippen molar-refractivity contribution in [1.82, 2.24) is 0 Å². The van der Waals surface area contributed by atoms with Crippen LogP contribution in [-0.2, 0) is 14.3 Å². The molecule has 164 valence electrons. The van der Waals surface area contributed by atoms with Crippen molar-refractivity contribution >= 4 is 5.97 Å². The van der Waals surface area contributed by atoms with Gasteiger partial charge >= 0.3 is 5.97 Å². The van der Waals surface area contributed by atoms with Gasteiger partial charge in [0.25, 0.3) is 0 Å². The summed E-state index contributed by atoms with van der Waals surface area (Å²) >= 11 is 0. The van der Waals surface area contributed by atoms with Crippen LogP contribution < -0.4 is 0 Å². The Hall–Kier alpha value is -1.21. The zero-order valence-electron chi connectivity index (χ0n) is 18.2. The molecule has 29 heavy (non-hydrogen) atoms. The SMILES string of the molecule is COC[C@H]1CC[C@@H]2C1=C[C@]1(C)C(=C([C@H](C)COC(C)=O)C[C@@H]1O)[C@@H](O)[C@H](O)[C@@H]2C. The number of esters is 1. The van der Waals surface area contributed by atoms with Crippen LogP contribution in [0.1, 0.15) is 47.0 Å². The normalized spacial score (nSPS) is 40.6. The lowest BCUT2D eigenvalue weighted by Crippen LogP contribution is -2.44. The second kappa shape index (κ2) is 8.50. The van der Waals surface area contributed by atoms with Crippen molar-refractivity contribution in [3.05, 3.63) is 22.8 Å². The van der Waals surface area contributed by atoms with Crippen LogP contribution in [0.3, 0.4) is 0 Å². The van der Waals surface area contributed by atoms with Crippen molar-refractivity contribution in [2.75, 3.05) is 20.3 Å². The van der Waals surface area contributed by atoms with Crippen LogP contribution >= 0.6 is 0 Å². The molecule has 3 N–H and O–H groups in total. The molecule has 0 radical (unpaired) electrons. The fraction of sp³-hybridized carbons (Fsp3) is 0.783. The number of carbonyl (C=O) groups excluding carboxylic acids is 1. The molecule has 8 atom stereocenters. The van der Waals surface area contributed by atoms with E-state index in [1.807, 2.05) is 20.8 Å². The van der Waals surface area contributed by atoms with Gasteiger partial charge in [-0.1, -0.05) is 31.1 Å². The zero-order valence-corrected chi connectivity index (χ0v) is 18.2. The summed E-state index contributed by atoms with van der Waals surface area (Å²) in [7, 11) is 1.70. The Morgan fingerprint density at radius 2 is 2.00 bits per heavy atom. The lowest BCUT2D eigenvalue weighted by molar-refractivity contribution is -0.141. The van der Waals surface area contributed by atoms with E-state index in [2.05, 4.69) is 6.08 Å². The summed E-state index contributed by atoms with van der Waals surface area (Å²) in [6.07, 6.45) is 1.83. The number of carbonyl (C=O) groups is 1. The summed E-state index contributed by atoms with van der Waals surface area (Å²) in [6, 6.07) is 0. The van der Waals surface area contributed by atoms with Crippen LogP contribution in [0, 0.1) is 29.1 Å². The van der Waals surface area contributed by atoms with E-state index in [1.165, 1.54) is 12.5 Å². The molecule has 3 aliphatic carbocycles. The molecular formula is C23H36O6. The highest BCUT2D eigenvalue weighted by Gasteiger charge is 2.52. The molecule has 6 nitrogen and oxygen atoms in total. The Balaban J connectivity index is 2.10. The Morgan fingerprint density at radius 3 is 2.62 bits per heavy atom. The van der Waals surface area contributed by atoms with Gasteiger partial charge in [0.15, 0.2) is 0 Å². The summed E-state index contributed by atoms with van der Waals surface area (Å²) in [5.41, 5.74) is 2.05. The van der Waals surface area contributed by atoms with E-state index in [4.69, 9.17) is 9.47 Å². The van der Waals surface area contributed by atoms with Gasteiger partial charge in [-0.15, -0.1) is 0 Å². The highest BCUT2D eigenvalue weighted by molar-refractivity contribution is 5.65. The van der Waals surface area contributed by atoms with Crippen LogP contribution in [0.2, 0.25) is 0 Å². The first-order valence-corrected chi connectivity index (χ1v) is 10.7. The molecule has 0 bridgehead atoms.